The number of halogens is 2. The molecule has 1 aromatic carbocycles. The van der Waals surface area contributed by atoms with E-state index in [1.165, 1.54) is 21.7 Å². The van der Waals surface area contributed by atoms with E-state index >= 15 is 0 Å². The topological polar surface area (TPSA) is 121 Å². The predicted octanol–water partition coefficient (Wildman–Crippen LogP) is 0.326. The third-order valence-electron chi connectivity index (χ3n) is 5.82. The van der Waals surface area contributed by atoms with E-state index in [1.54, 1.807) is 0 Å². The summed E-state index contributed by atoms with van der Waals surface area (Å²) in [5.74, 6) is -4.04. The maximum Gasteiger partial charge on any atom is 0.274 e. The lowest BCUT2D eigenvalue weighted by molar-refractivity contribution is 0.0452. The summed E-state index contributed by atoms with van der Waals surface area (Å²) in [6, 6.07) is 2.88. The summed E-state index contributed by atoms with van der Waals surface area (Å²) in [7, 11) is 0. The Morgan fingerprint density at radius 1 is 1.28 bits per heavy atom. The number of nitrogens with one attached hydrogen (secondary N) is 1. The maximum absolute atomic E-state index is 13.8. The molecule has 2 aliphatic heterocycles. The van der Waals surface area contributed by atoms with Crippen molar-refractivity contribution in [2.24, 2.45) is 0 Å². The van der Waals surface area contributed by atoms with E-state index in [4.69, 9.17) is 4.74 Å². The first-order valence-corrected chi connectivity index (χ1v) is 9.96. The fraction of sp³-hybridized carbons (Fsp3) is 0.381. The number of ether oxygens (including phenoxy) is 1. The van der Waals surface area contributed by atoms with Crippen LogP contribution in [0.15, 0.2) is 29.2 Å². The standard InChI is InChI=1S/C21H21F2N3O6/c22-13-2-1-12(15(23)7-13)8-24-19(30)14-9-26-16(18(29)17(14)28)20(31)25(4-5-27)10-21(26)3-6-32-11-21/h1-2,7,9,27,29H,3-6,8,10-11H2,(H,24,30). The van der Waals surface area contributed by atoms with E-state index in [-0.39, 0.29) is 44.1 Å². The Balaban J connectivity index is 1.71. The average molecular weight is 449 g/mol. The number of aliphatic hydroxyl groups excluding tert-OH is 1. The first kappa shape index (κ1) is 21.9. The van der Waals surface area contributed by atoms with E-state index in [2.05, 4.69) is 5.32 Å². The van der Waals surface area contributed by atoms with Gasteiger partial charge >= 0.3 is 0 Å². The number of hydrogen-bond donors (Lipinski definition) is 3. The van der Waals surface area contributed by atoms with Gasteiger partial charge in [0.2, 0.25) is 5.43 Å². The van der Waals surface area contributed by atoms with Gasteiger partial charge in [-0.3, -0.25) is 14.4 Å². The highest BCUT2D eigenvalue weighted by molar-refractivity contribution is 5.99. The molecular weight excluding hydrogens is 428 g/mol. The Morgan fingerprint density at radius 3 is 2.72 bits per heavy atom. The molecule has 1 atom stereocenters. The zero-order valence-electron chi connectivity index (χ0n) is 16.9. The number of aromatic nitrogens is 1. The number of pyridine rings is 1. The molecule has 32 heavy (non-hydrogen) atoms. The van der Waals surface area contributed by atoms with Crippen LogP contribution in [-0.2, 0) is 16.8 Å². The van der Waals surface area contributed by atoms with Gasteiger partial charge in [-0.05, 0) is 12.5 Å². The number of fused-ring (bicyclic) bond motifs is 2. The Kier molecular flexibility index (Phi) is 5.70. The van der Waals surface area contributed by atoms with E-state index in [1.807, 2.05) is 0 Å². The smallest absolute Gasteiger partial charge is 0.274 e. The van der Waals surface area contributed by atoms with Crippen molar-refractivity contribution in [3.8, 4) is 5.75 Å². The van der Waals surface area contributed by atoms with E-state index in [0.29, 0.717) is 19.1 Å². The molecule has 1 spiro atoms. The molecule has 3 N–H and O–H groups in total. The molecule has 0 bridgehead atoms. The molecule has 1 saturated heterocycles. The third-order valence-corrected chi connectivity index (χ3v) is 5.82. The van der Waals surface area contributed by atoms with Gasteiger partial charge in [-0.25, -0.2) is 8.78 Å². The molecule has 170 valence electrons. The van der Waals surface area contributed by atoms with E-state index in [0.717, 1.165) is 6.07 Å². The van der Waals surface area contributed by atoms with Crippen LogP contribution in [0.4, 0.5) is 8.78 Å². The minimum Gasteiger partial charge on any atom is -0.503 e. The van der Waals surface area contributed by atoms with Gasteiger partial charge in [-0.2, -0.15) is 0 Å². The fourth-order valence-corrected chi connectivity index (χ4v) is 4.14. The van der Waals surface area contributed by atoms with Gasteiger partial charge in [0.25, 0.3) is 11.8 Å². The van der Waals surface area contributed by atoms with Crippen molar-refractivity contribution < 1.29 is 33.3 Å². The molecule has 11 heteroatoms. The zero-order chi connectivity index (χ0) is 23.0. The summed E-state index contributed by atoms with van der Waals surface area (Å²) in [4.78, 5) is 39.6. The summed E-state index contributed by atoms with van der Waals surface area (Å²) >= 11 is 0. The van der Waals surface area contributed by atoms with Crippen LogP contribution in [0.2, 0.25) is 0 Å². The molecule has 0 saturated carbocycles. The SMILES string of the molecule is O=C(NCc1ccc(F)cc1F)c1cn2c(c(O)c1=O)C(=O)N(CCO)CC21CCOC1. The van der Waals surface area contributed by atoms with Crippen LogP contribution in [0.5, 0.6) is 5.75 Å². The average Bonchev–Trinajstić information content (AvgIpc) is 3.22. The van der Waals surface area contributed by atoms with Crippen molar-refractivity contribution in [2.45, 2.75) is 18.5 Å². The molecule has 4 rings (SSSR count). The van der Waals surface area contributed by atoms with Crippen molar-refractivity contribution in [3.63, 3.8) is 0 Å². The second-order valence-electron chi connectivity index (χ2n) is 7.83. The number of aromatic hydroxyl groups is 1. The summed E-state index contributed by atoms with van der Waals surface area (Å²) in [6.07, 6.45) is 1.66. The van der Waals surface area contributed by atoms with Gasteiger partial charge in [0.1, 0.15) is 17.2 Å². The number of β-amino-alcohol motifs (C(OH)–C–C–N with tert-alkyl or cyclic N) is 1. The highest BCUT2D eigenvalue weighted by Gasteiger charge is 2.47. The number of carbonyl (C=O) groups is 2. The second kappa shape index (κ2) is 8.32. The molecule has 9 nitrogen and oxygen atoms in total. The van der Waals surface area contributed by atoms with Gasteiger partial charge in [-0.1, -0.05) is 6.07 Å². The monoisotopic (exact) mass is 449 g/mol. The van der Waals surface area contributed by atoms with Crippen molar-refractivity contribution >= 4 is 11.8 Å². The summed E-state index contributed by atoms with van der Waals surface area (Å²) in [6.45, 7) is 0.125. The van der Waals surface area contributed by atoms with Crippen LogP contribution in [0.25, 0.3) is 0 Å². The number of aliphatic hydroxyl groups is 1. The first-order chi connectivity index (χ1) is 15.3. The fourth-order valence-electron chi connectivity index (χ4n) is 4.14. The van der Waals surface area contributed by atoms with Crippen molar-refractivity contribution in [1.29, 1.82) is 0 Å². The summed E-state index contributed by atoms with van der Waals surface area (Å²) in [5.41, 5.74) is -2.56. The summed E-state index contributed by atoms with van der Waals surface area (Å²) < 4.78 is 33.8. The Morgan fingerprint density at radius 2 is 2.06 bits per heavy atom. The molecule has 2 aliphatic rings. The van der Waals surface area contributed by atoms with Crippen LogP contribution in [0.3, 0.4) is 0 Å². The van der Waals surface area contributed by atoms with Gasteiger partial charge in [0, 0.05) is 44.1 Å². The predicted molar refractivity (Wildman–Crippen MR) is 106 cm³/mol. The van der Waals surface area contributed by atoms with Gasteiger partial charge in [0.05, 0.1) is 18.8 Å². The van der Waals surface area contributed by atoms with Crippen molar-refractivity contribution in [1.82, 2.24) is 14.8 Å². The Bertz CT molecular complexity index is 1140. The maximum atomic E-state index is 13.8. The molecule has 1 fully saturated rings. The van der Waals surface area contributed by atoms with Crippen molar-refractivity contribution in [2.75, 3.05) is 32.9 Å². The Labute approximate surface area is 180 Å². The molecule has 2 aromatic rings. The minimum absolute atomic E-state index is 0.0116. The molecule has 2 amide bonds. The largest absolute Gasteiger partial charge is 0.503 e. The third kappa shape index (κ3) is 3.63. The molecule has 1 aromatic heterocycles. The van der Waals surface area contributed by atoms with E-state index in [9.17, 15) is 33.4 Å². The molecular formula is C21H21F2N3O6. The number of nitrogens with zero attached hydrogens (tertiary/aromatic N) is 2. The first-order valence-electron chi connectivity index (χ1n) is 9.96. The number of amides is 2. The molecule has 0 radical (unpaired) electrons. The number of benzene rings is 1. The van der Waals surface area contributed by atoms with Crippen LogP contribution in [-0.4, -0.2) is 64.4 Å². The quantitative estimate of drug-likeness (QED) is 0.605. The lowest BCUT2D eigenvalue weighted by atomic mass is 9.92. The number of rotatable bonds is 5. The van der Waals surface area contributed by atoms with Gasteiger partial charge in [-0.15, -0.1) is 0 Å². The van der Waals surface area contributed by atoms with Gasteiger partial charge in [0.15, 0.2) is 11.4 Å². The van der Waals surface area contributed by atoms with Crippen LogP contribution >= 0.6 is 0 Å². The lowest BCUT2D eigenvalue weighted by Crippen LogP contribution is -2.56. The second-order valence-corrected chi connectivity index (χ2v) is 7.83. The normalized spacial score (nSPS) is 20.0. The highest BCUT2D eigenvalue weighted by atomic mass is 19.1. The minimum atomic E-state index is -1.05. The molecule has 3 heterocycles. The van der Waals surface area contributed by atoms with Crippen LogP contribution in [0, 0.1) is 11.6 Å². The van der Waals surface area contributed by atoms with Gasteiger partial charge < -0.3 is 29.7 Å². The summed E-state index contributed by atoms with van der Waals surface area (Å²) in [5, 5.41) is 22.2. The number of hydrogen-bond acceptors (Lipinski definition) is 6. The zero-order valence-corrected chi connectivity index (χ0v) is 16.9. The lowest BCUT2D eigenvalue weighted by Gasteiger charge is -2.42. The highest BCUT2D eigenvalue weighted by Crippen LogP contribution is 2.36. The van der Waals surface area contributed by atoms with Crippen molar-refractivity contribution in [3.05, 3.63) is 63.1 Å². The molecule has 0 aliphatic carbocycles. The van der Waals surface area contributed by atoms with Crippen LogP contribution in [0.1, 0.15) is 32.8 Å². The Hall–Kier alpha value is -3.31. The number of carbonyl (C=O) groups excluding carboxylic acids is 2. The van der Waals surface area contributed by atoms with E-state index < -0.39 is 45.7 Å². The van der Waals surface area contributed by atoms with Crippen LogP contribution < -0.4 is 10.7 Å². The molecule has 1 unspecified atom stereocenters.